The number of benzene rings is 2. The lowest BCUT2D eigenvalue weighted by Crippen LogP contribution is -2.29. The molecule has 1 amide bonds. The molecular weight excluding hydrogens is 488 g/mol. The van der Waals surface area contributed by atoms with Crippen LogP contribution >= 0.6 is 11.6 Å². The summed E-state index contributed by atoms with van der Waals surface area (Å²) in [7, 11) is 0. The van der Waals surface area contributed by atoms with Crippen molar-refractivity contribution in [1.29, 1.82) is 0 Å². The molecule has 0 fully saturated rings. The van der Waals surface area contributed by atoms with Crippen LogP contribution in [0, 0.1) is 0 Å². The van der Waals surface area contributed by atoms with Crippen molar-refractivity contribution >= 4 is 23.5 Å². The summed E-state index contributed by atoms with van der Waals surface area (Å²) in [5, 5.41) is 14.3. The van der Waals surface area contributed by atoms with Crippen LogP contribution in [-0.2, 0) is 22.6 Å². The molecule has 2 aromatic carbocycles. The number of halogens is 1. The molecule has 0 atom stereocenters. The first-order chi connectivity index (χ1) is 18.0. The van der Waals surface area contributed by atoms with Crippen molar-refractivity contribution in [2.75, 3.05) is 19.7 Å². The number of unbranched alkanes of at least 4 members (excludes halogenated alkanes) is 9. The highest BCUT2D eigenvalue weighted by atomic mass is 35.5. The number of nitrogens with one attached hydrogen (secondary N) is 1. The second-order valence-corrected chi connectivity index (χ2v) is 9.98. The van der Waals surface area contributed by atoms with Gasteiger partial charge in [-0.2, -0.15) is 5.06 Å². The van der Waals surface area contributed by atoms with E-state index in [1.165, 1.54) is 51.4 Å². The predicted octanol–water partition coefficient (Wildman–Crippen LogP) is 7.05. The lowest BCUT2D eigenvalue weighted by molar-refractivity contribution is -0.185. The number of carbonyl (C=O) groups is 2. The number of carbonyl (C=O) groups excluding carboxylic acids is 1. The summed E-state index contributed by atoms with van der Waals surface area (Å²) in [6, 6.07) is 14.9. The van der Waals surface area contributed by atoms with Gasteiger partial charge in [-0.25, -0.2) is 4.79 Å². The molecule has 0 aliphatic rings. The highest BCUT2D eigenvalue weighted by molar-refractivity contribution is 6.30. The van der Waals surface area contributed by atoms with Crippen molar-refractivity contribution in [1.82, 2.24) is 10.4 Å². The van der Waals surface area contributed by atoms with Gasteiger partial charge >= 0.3 is 5.97 Å². The van der Waals surface area contributed by atoms with Gasteiger partial charge in [0.2, 0.25) is 0 Å². The Morgan fingerprint density at radius 2 is 1.54 bits per heavy atom. The van der Waals surface area contributed by atoms with E-state index in [1.54, 1.807) is 17.2 Å². The minimum absolute atomic E-state index is 0.0672. The van der Waals surface area contributed by atoms with Crippen LogP contribution in [0.25, 0.3) is 0 Å². The topological polar surface area (TPSA) is 78.9 Å². The minimum Gasteiger partial charge on any atom is -0.479 e. The third-order valence-corrected chi connectivity index (χ3v) is 6.54. The molecule has 0 unspecified atom stereocenters. The van der Waals surface area contributed by atoms with Gasteiger partial charge in [0.1, 0.15) is 0 Å². The van der Waals surface area contributed by atoms with E-state index in [2.05, 4.69) is 12.2 Å². The number of hydrogen-bond donors (Lipinski definition) is 2. The number of rotatable bonds is 20. The van der Waals surface area contributed by atoms with Gasteiger partial charge in [0.15, 0.2) is 6.61 Å². The molecule has 0 aliphatic heterocycles. The molecule has 0 heterocycles. The number of aliphatic carboxylic acids is 1. The standard InChI is InChI=1S/C30H43ClN2O4/c1-2-3-4-5-6-7-8-9-10-11-20-32-30(36)27-17-15-26(16-18-27)23-33(37-24-29(34)35)21-19-25-13-12-14-28(31)22-25/h12-18,22H,2-11,19-21,23-24H2,1H3,(H,32,36)(H,34,35). The maximum atomic E-state index is 12.5. The smallest absolute Gasteiger partial charge is 0.331 e. The van der Waals surface area contributed by atoms with Crippen molar-refractivity contribution < 1.29 is 19.5 Å². The zero-order valence-electron chi connectivity index (χ0n) is 22.2. The Kier molecular flexibility index (Phi) is 15.6. The largest absolute Gasteiger partial charge is 0.479 e. The number of hydrogen-bond acceptors (Lipinski definition) is 4. The van der Waals surface area contributed by atoms with Gasteiger partial charge in [-0.05, 0) is 48.2 Å². The van der Waals surface area contributed by atoms with Gasteiger partial charge in [0, 0.05) is 30.2 Å². The van der Waals surface area contributed by atoms with Crippen LogP contribution in [0.5, 0.6) is 0 Å². The zero-order valence-corrected chi connectivity index (χ0v) is 23.0. The van der Waals surface area contributed by atoms with Crippen LogP contribution in [0.15, 0.2) is 48.5 Å². The Morgan fingerprint density at radius 3 is 2.16 bits per heavy atom. The second-order valence-electron chi connectivity index (χ2n) is 9.55. The molecule has 37 heavy (non-hydrogen) atoms. The number of amides is 1. The van der Waals surface area contributed by atoms with Crippen molar-refractivity contribution in [2.24, 2.45) is 0 Å². The summed E-state index contributed by atoms with van der Waals surface area (Å²) in [6.07, 6.45) is 13.4. The quantitative estimate of drug-likeness (QED) is 0.142. The molecule has 2 N–H and O–H groups in total. The van der Waals surface area contributed by atoms with Crippen LogP contribution in [0.2, 0.25) is 5.02 Å². The first-order valence-corrected chi connectivity index (χ1v) is 14.1. The number of nitrogens with zero attached hydrogens (tertiary/aromatic N) is 1. The Morgan fingerprint density at radius 1 is 0.892 bits per heavy atom. The fourth-order valence-corrected chi connectivity index (χ4v) is 4.38. The molecule has 2 rings (SSSR count). The number of hydroxylamine groups is 2. The van der Waals surface area contributed by atoms with E-state index in [0.29, 0.717) is 36.6 Å². The van der Waals surface area contributed by atoms with E-state index in [9.17, 15) is 9.59 Å². The fourth-order valence-electron chi connectivity index (χ4n) is 4.16. The van der Waals surface area contributed by atoms with Crippen LogP contribution < -0.4 is 5.32 Å². The molecule has 7 heteroatoms. The summed E-state index contributed by atoms with van der Waals surface area (Å²) in [5.74, 6) is -1.09. The molecule has 0 radical (unpaired) electrons. The Hall–Kier alpha value is -2.41. The summed E-state index contributed by atoms with van der Waals surface area (Å²) in [6.45, 7) is 3.45. The van der Waals surface area contributed by atoms with Gasteiger partial charge in [0.25, 0.3) is 5.91 Å². The predicted molar refractivity (Wildman–Crippen MR) is 150 cm³/mol. The van der Waals surface area contributed by atoms with E-state index in [1.807, 2.05) is 36.4 Å². The summed E-state index contributed by atoms with van der Waals surface area (Å²) >= 11 is 6.06. The summed E-state index contributed by atoms with van der Waals surface area (Å²) in [4.78, 5) is 29.0. The third kappa shape index (κ3) is 14.2. The average molecular weight is 531 g/mol. The van der Waals surface area contributed by atoms with Gasteiger partial charge in [0.05, 0.1) is 0 Å². The molecule has 0 saturated heterocycles. The van der Waals surface area contributed by atoms with Crippen molar-refractivity contribution in [3.63, 3.8) is 0 Å². The van der Waals surface area contributed by atoms with Crippen molar-refractivity contribution in [3.05, 3.63) is 70.2 Å². The highest BCUT2D eigenvalue weighted by Crippen LogP contribution is 2.14. The minimum atomic E-state index is -1.03. The molecule has 204 valence electrons. The highest BCUT2D eigenvalue weighted by Gasteiger charge is 2.11. The monoisotopic (exact) mass is 530 g/mol. The SMILES string of the molecule is CCCCCCCCCCCCNC(=O)c1ccc(CN(CCc2cccc(Cl)c2)OCC(=O)O)cc1. The summed E-state index contributed by atoms with van der Waals surface area (Å²) in [5.41, 5.74) is 2.60. The van der Waals surface area contributed by atoms with E-state index in [-0.39, 0.29) is 5.91 Å². The molecule has 0 bridgehead atoms. The summed E-state index contributed by atoms with van der Waals surface area (Å²) < 4.78 is 0. The molecule has 2 aromatic rings. The molecule has 0 saturated carbocycles. The van der Waals surface area contributed by atoms with Crippen LogP contribution in [0.1, 0.15) is 92.6 Å². The molecule has 0 aliphatic carbocycles. The lowest BCUT2D eigenvalue weighted by Gasteiger charge is -2.21. The van der Waals surface area contributed by atoms with Crippen molar-refractivity contribution in [2.45, 2.75) is 84.1 Å². The van der Waals surface area contributed by atoms with E-state index in [4.69, 9.17) is 21.5 Å². The molecule has 6 nitrogen and oxygen atoms in total. The van der Waals surface area contributed by atoms with Crippen LogP contribution in [-0.4, -0.2) is 41.7 Å². The maximum Gasteiger partial charge on any atom is 0.331 e. The van der Waals surface area contributed by atoms with Gasteiger partial charge in [-0.3, -0.25) is 9.63 Å². The third-order valence-electron chi connectivity index (χ3n) is 6.30. The zero-order chi connectivity index (χ0) is 26.7. The molecule has 0 aromatic heterocycles. The van der Waals surface area contributed by atoms with Gasteiger partial charge < -0.3 is 10.4 Å². The Labute approximate surface area is 227 Å². The van der Waals surface area contributed by atoms with Crippen molar-refractivity contribution in [3.8, 4) is 0 Å². The van der Waals surface area contributed by atoms with E-state index < -0.39 is 12.6 Å². The Bertz CT molecular complexity index is 920. The second kappa shape index (κ2) is 18.8. The van der Waals surface area contributed by atoms with Crippen LogP contribution in [0.3, 0.4) is 0 Å². The average Bonchev–Trinajstić information content (AvgIpc) is 2.89. The first kappa shape index (κ1) is 30.8. The van der Waals surface area contributed by atoms with Gasteiger partial charge in [-0.1, -0.05) is 101 Å². The first-order valence-electron chi connectivity index (χ1n) is 13.7. The molecule has 0 spiro atoms. The normalized spacial score (nSPS) is 11.1. The number of carboxylic acids is 1. The van der Waals surface area contributed by atoms with Gasteiger partial charge in [-0.15, -0.1) is 0 Å². The maximum absolute atomic E-state index is 12.5. The number of carboxylic acid groups (broad SMARTS) is 1. The van der Waals surface area contributed by atoms with E-state index >= 15 is 0 Å². The molecular formula is C30H43ClN2O4. The fraction of sp³-hybridized carbons (Fsp3) is 0.533. The Balaban J connectivity index is 1.70. The van der Waals surface area contributed by atoms with E-state index in [0.717, 1.165) is 24.0 Å². The van der Waals surface area contributed by atoms with Crippen LogP contribution in [0.4, 0.5) is 0 Å². The lowest BCUT2D eigenvalue weighted by atomic mass is 10.1.